The van der Waals surface area contributed by atoms with Crippen molar-refractivity contribution in [3.63, 3.8) is 0 Å². The maximum atomic E-state index is 13.7. The number of benzene rings is 3. The lowest BCUT2D eigenvalue weighted by Crippen LogP contribution is -2.30. The first kappa shape index (κ1) is 20.4. The summed E-state index contributed by atoms with van der Waals surface area (Å²) in [6.45, 7) is 2.50. The molecule has 0 radical (unpaired) electrons. The number of anilines is 1. The standard InChI is InChI=1S/C24H22N2O2S2/c1-16-13-14-19(28-2)21-22(16)30-24(25-21)26(15-17-9-5-4-6-10-17)23(27)18-11-7-8-12-20(18)29-3/h4-14H,15H2,1-3H3. The molecule has 30 heavy (non-hydrogen) atoms. The molecule has 4 nitrogen and oxygen atoms in total. The molecule has 0 spiro atoms. The first-order valence-corrected chi connectivity index (χ1v) is 11.6. The molecule has 6 heteroatoms. The summed E-state index contributed by atoms with van der Waals surface area (Å²) >= 11 is 3.10. The summed E-state index contributed by atoms with van der Waals surface area (Å²) < 4.78 is 6.55. The molecule has 4 rings (SSSR count). The highest BCUT2D eigenvalue weighted by Crippen LogP contribution is 2.37. The highest BCUT2D eigenvalue weighted by atomic mass is 32.2. The lowest BCUT2D eigenvalue weighted by molar-refractivity contribution is 0.0982. The number of ether oxygens (including phenoxy) is 1. The van der Waals surface area contributed by atoms with Gasteiger partial charge in [-0.05, 0) is 42.5 Å². The van der Waals surface area contributed by atoms with Gasteiger partial charge in [-0.2, -0.15) is 0 Å². The maximum Gasteiger partial charge on any atom is 0.261 e. The molecule has 0 aliphatic rings. The van der Waals surface area contributed by atoms with E-state index in [1.165, 1.54) is 11.3 Å². The van der Waals surface area contributed by atoms with Gasteiger partial charge in [-0.3, -0.25) is 9.69 Å². The number of nitrogens with zero attached hydrogens (tertiary/aromatic N) is 2. The van der Waals surface area contributed by atoms with Crippen LogP contribution in [0.5, 0.6) is 5.75 Å². The molecule has 0 aliphatic carbocycles. The first-order chi connectivity index (χ1) is 14.6. The minimum Gasteiger partial charge on any atom is -0.494 e. The molecule has 0 unspecified atom stereocenters. The second kappa shape index (κ2) is 8.90. The Balaban J connectivity index is 1.84. The van der Waals surface area contributed by atoms with Crippen LogP contribution < -0.4 is 9.64 Å². The molecule has 0 bridgehead atoms. The molecule has 1 heterocycles. The van der Waals surface area contributed by atoms with Gasteiger partial charge < -0.3 is 4.74 Å². The smallest absolute Gasteiger partial charge is 0.261 e. The van der Waals surface area contributed by atoms with Gasteiger partial charge in [0.1, 0.15) is 11.3 Å². The Morgan fingerprint density at radius 1 is 1.07 bits per heavy atom. The second-order valence-corrected chi connectivity index (χ2v) is 8.66. The topological polar surface area (TPSA) is 42.4 Å². The quantitative estimate of drug-likeness (QED) is 0.340. The normalized spacial score (nSPS) is 10.9. The third-order valence-electron chi connectivity index (χ3n) is 4.91. The Labute approximate surface area is 184 Å². The lowest BCUT2D eigenvalue weighted by atomic mass is 10.1. The molecule has 0 saturated carbocycles. The van der Waals surface area contributed by atoms with Gasteiger partial charge in [-0.25, -0.2) is 4.98 Å². The van der Waals surface area contributed by atoms with E-state index < -0.39 is 0 Å². The Morgan fingerprint density at radius 2 is 1.80 bits per heavy atom. The van der Waals surface area contributed by atoms with Crippen LogP contribution in [-0.4, -0.2) is 24.3 Å². The van der Waals surface area contributed by atoms with Crippen LogP contribution in [-0.2, 0) is 6.54 Å². The molecule has 0 atom stereocenters. The summed E-state index contributed by atoms with van der Waals surface area (Å²) in [4.78, 5) is 21.3. The van der Waals surface area contributed by atoms with Crippen molar-refractivity contribution >= 4 is 44.4 Å². The number of amides is 1. The number of methoxy groups -OCH3 is 1. The molecule has 0 aliphatic heterocycles. The van der Waals surface area contributed by atoms with Crippen LogP contribution in [0.25, 0.3) is 10.2 Å². The number of thiazole rings is 1. The van der Waals surface area contributed by atoms with E-state index in [4.69, 9.17) is 9.72 Å². The largest absolute Gasteiger partial charge is 0.494 e. The molecule has 4 aromatic rings. The predicted octanol–water partition coefficient (Wildman–Crippen LogP) is 6.18. The van der Waals surface area contributed by atoms with Crippen molar-refractivity contribution in [2.75, 3.05) is 18.3 Å². The SMILES string of the molecule is COc1ccc(C)c2sc(N(Cc3ccccc3)C(=O)c3ccccc3SC)nc12. The average Bonchev–Trinajstić information content (AvgIpc) is 3.24. The minimum atomic E-state index is -0.0560. The summed E-state index contributed by atoms with van der Waals surface area (Å²) in [5.74, 6) is 0.661. The molecule has 3 aromatic carbocycles. The van der Waals surface area contributed by atoms with E-state index in [1.807, 2.05) is 73.0 Å². The molecular weight excluding hydrogens is 412 g/mol. The Bertz CT molecular complexity index is 1190. The fraction of sp³-hybridized carbons (Fsp3) is 0.167. The number of rotatable bonds is 6. The predicted molar refractivity (Wildman–Crippen MR) is 126 cm³/mol. The summed E-state index contributed by atoms with van der Waals surface area (Å²) in [5, 5.41) is 0.669. The Morgan fingerprint density at radius 3 is 2.53 bits per heavy atom. The fourth-order valence-electron chi connectivity index (χ4n) is 3.34. The van der Waals surface area contributed by atoms with Crippen molar-refractivity contribution in [2.24, 2.45) is 0 Å². The van der Waals surface area contributed by atoms with Crippen molar-refractivity contribution in [3.8, 4) is 5.75 Å². The number of thioether (sulfide) groups is 1. The van der Waals surface area contributed by atoms with E-state index in [9.17, 15) is 4.79 Å². The molecule has 1 amide bonds. The zero-order valence-electron chi connectivity index (χ0n) is 17.1. The number of fused-ring (bicyclic) bond motifs is 1. The summed E-state index contributed by atoms with van der Waals surface area (Å²) in [6, 6.07) is 21.7. The highest BCUT2D eigenvalue weighted by Gasteiger charge is 2.24. The second-order valence-electron chi connectivity index (χ2n) is 6.84. The first-order valence-electron chi connectivity index (χ1n) is 9.55. The molecule has 0 fully saturated rings. The molecule has 0 saturated heterocycles. The monoisotopic (exact) mass is 434 g/mol. The van der Waals surface area contributed by atoms with Crippen LogP contribution >= 0.6 is 23.1 Å². The van der Waals surface area contributed by atoms with Gasteiger partial charge in [-0.15, -0.1) is 11.8 Å². The summed E-state index contributed by atoms with van der Waals surface area (Å²) in [7, 11) is 1.64. The zero-order valence-corrected chi connectivity index (χ0v) is 18.7. The van der Waals surface area contributed by atoms with Crippen LogP contribution in [0.3, 0.4) is 0 Å². The lowest BCUT2D eigenvalue weighted by Gasteiger charge is -2.21. The highest BCUT2D eigenvalue weighted by molar-refractivity contribution is 7.98. The molecule has 0 N–H and O–H groups in total. The van der Waals surface area contributed by atoms with Crippen molar-refractivity contribution in [1.29, 1.82) is 0 Å². The summed E-state index contributed by atoms with van der Waals surface area (Å²) in [5.41, 5.74) is 3.65. The van der Waals surface area contributed by atoms with E-state index in [0.717, 1.165) is 32.0 Å². The van der Waals surface area contributed by atoms with Gasteiger partial charge in [0.2, 0.25) is 0 Å². The minimum absolute atomic E-state index is 0.0560. The molecule has 152 valence electrons. The average molecular weight is 435 g/mol. The van der Waals surface area contributed by atoms with Gasteiger partial charge in [0.25, 0.3) is 5.91 Å². The van der Waals surface area contributed by atoms with E-state index in [1.54, 1.807) is 23.8 Å². The van der Waals surface area contributed by atoms with E-state index in [0.29, 0.717) is 17.2 Å². The van der Waals surface area contributed by atoms with Crippen molar-refractivity contribution in [3.05, 3.63) is 83.4 Å². The fourth-order valence-corrected chi connectivity index (χ4v) is 4.98. The number of hydrogen-bond acceptors (Lipinski definition) is 5. The van der Waals surface area contributed by atoms with Crippen LogP contribution in [0.1, 0.15) is 21.5 Å². The van der Waals surface area contributed by atoms with Crippen LogP contribution in [0.2, 0.25) is 0 Å². The van der Waals surface area contributed by atoms with Gasteiger partial charge in [0, 0.05) is 4.90 Å². The third kappa shape index (κ3) is 3.93. The van der Waals surface area contributed by atoms with Crippen LogP contribution in [0.4, 0.5) is 5.13 Å². The van der Waals surface area contributed by atoms with Crippen molar-refractivity contribution < 1.29 is 9.53 Å². The number of hydrogen-bond donors (Lipinski definition) is 0. The van der Waals surface area contributed by atoms with E-state index >= 15 is 0 Å². The number of aromatic nitrogens is 1. The maximum absolute atomic E-state index is 13.7. The van der Waals surface area contributed by atoms with E-state index in [-0.39, 0.29) is 5.91 Å². The zero-order chi connectivity index (χ0) is 21.1. The number of carbonyl (C=O) groups is 1. The third-order valence-corrected chi connectivity index (χ3v) is 6.92. The van der Waals surface area contributed by atoms with Gasteiger partial charge in [0.15, 0.2) is 5.13 Å². The number of aryl methyl sites for hydroxylation is 1. The van der Waals surface area contributed by atoms with Crippen LogP contribution in [0.15, 0.2) is 71.6 Å². The van der Waals surface area contributed by atoms with Gasteiger partial charge in [-0.1, -0.05) is 59.9 Å². The summed E-state index contributed by atoms with van der Waals surface area (Å²) in [6.07, 6.45) is 1.99. The molecule has 1 aromatic heterocycles. The van der Waals surface area contributed by atoms with Gasteiger partial charge >= 0.3 is 0 Å². The van der Waals surface area contributed by atoms with Gasteiger partial charge in [0.05, 0.1) is 23.9 Å². The van der Waals surface area contributed by atoms with E-state index in [2.05, 4.69) is 6.92 Å². The van der Waals surface area contributed by atoms with Crippen molar-refractivity contribution in [1.82, 2.24) is 4.98 Å². The number of carbonyl (C=O) groups excluding carboxylic acids is 1. The Kier molecular flexibility index (Phi) is 6.06. The Hall–Kier alpha value is -2.83. The van der Waals surface area contributed by atoms with Crippen molar-refractivity contribution in [2.45, 2.75) is 18.4 Å². The molecular formula is C24H22N2O2S2. The van der Waals surface area contributed by atoms with Crippen LogP contribution in [0, 0.1) is 6.92 Å².